The van der Waals surface area contributed by atoms with Crippen molar-refractivity contribution in [2.75, 3.05) is 13.7 Å². The number of aromatic nitrogens is 1. The Kier molecular flexibility index (Phi) is 7.22. The maximum Gasteiger partial charge on any atom is 0.338 e. The number of nitro benzene ring substituents is 1. The van der Waals surface area contributed by atoms with E-state index < -0.39 is 16.9 Å². The van der Waals surface area contributed by atoms with Crippen molar-refractivity contribution in [3.63, 3.8) is 0 Å². The van der Waals surface area contributed by atoms with E-state index in [0.717, 1.165) is 11.1 Å². The molecule has 0 radical (unpaired) electrons. The van der Waals surface area contributed by atoms with Crippen molar-refractivity contribution < 1.29 is 23.6 Å². The highest BCUT2D eigenvalue weighted by atomic mass is 32.1. The highest BCUT2D eigenvalue weighted by Crippen LogP contribution is 2.36. The van der Waals surface area contributed by atoms with Crippen LogP contribution in [0.5, 0.6) is 5.75 Å². The van der Waals surface area contributed by atoms with Crippen molar-refractivity contribution in [3.8, 4) is 17.1 Å². The number of rotatable bonds is 7. The number of furan rings is 1. The smallest absolute Gasteiger partial charge is 0.338 e. The fourth-order valence-electron chi connectivity index (χ4n) is 4.62. The summed E-state index contributed by atoms with van der Waals surface area (Å²) in [6.45, 7) is 5.33. The monoisotopic (exact) mass is 559 g/mol. The van der Waals surface area contributed by atoms with E-state index in [1.54, 1.807) is 51.3 Å². The van der Waals surface area contributed by atoms with E-state index in [0.29, 0.717) is 37.9 Å². The van der Waals surface area contributed by atoms with E-state index >= 15 is 0 Å². The molecule has 0 unspecified atom stereocenters. The van der Waals surface area contributed by atoms with Crippen molar-refractivity contribution in [1.82, 2.24) is 4.57 Å². The molecule has 1 aliphatic rings. The summed E-state index contributed by atoms with van der Waals surface area (Å²) in [5, 5.41) is 11.4. The first kappa shape index (κ1) is 26.8. The second-order valence-electron chi connectivity index (χ2n) is 9.00. The van der Waals surface area contributed by atoms with Gasteiger partial charge in [-0.15, -0.1) is 0 Å². The van der Waals surface area contributed by atoms with E-state index in [4.69, 9.17) is 13.9 Å². The van der Waals surface area contributed by atoms with Crippen LogP contribution in [-0.4, -0.2) is 29.2 Å². The van der Waals surface area contributed by atoms with Crippen LogP contribution in [0.3, 0.4) is 0 Å². The van der Waals surface area contributed by atoms with Crippen molar-refractivity contribution in [3.05, 3.63) is 113 Å². The Morgan fingerprint density at radius 3 is 2.70 bits per heavy atom. The maximum absolute atomic E-state index is 13.8. The summed E-state index contributed by atoms with van der Waals surface area (Å²) in [6, 6.07) is 14.2. The van der Waals surface area contributed by atoms with Crippen LogP contribution in [0.1, 0.15) is 36.8 Å². The number of nitro groups is 1. The average molecular weight is 560 g/mol. The zero-order valence-corrected chi connectivity index (χ0v) is 23.0. The molecular weight excluding hydrogens is 534 g/mol. The first-order valence-corrected chi connectivity index (χ1v) is 13.2. The molecule has 3 heterocycles. The minimum Gasteiger partial charge on any atom is -0.496 e. The molecule has 0 fully saturated rings. The van der Waals surface area contributed by atoms with Crippen LogP contribution in [0.15, 0.2) is 80.1 Å². The molecule has 204 valence electrons. The molecule has 0 amide bonds. The van der Waals surface area contributed by atoms with Gasteiger partial charge in [0.25, 0.3) is 11.2 Å². The van der Waals surface area contributed by atoms with Gasteiger partial charge in [0.05, 0.1) is 34.4 Å². The molecule has 0 aliphatic carbocycles. The number of aryl methyl sites for hydroxylation is 1. The van der Waals surface area contributed by atoms with Gasteiger partial charge in [-0.05, 0) is 50.6 Å². The quantitative estimate of drug-likeness (QED) is 0.188. The highest BCUT2D eigenvalue weighted by Gasteiger charge is 2.35. The van der Waals surface area contributed by atoms with Gasteiger partial charge >= 0.3 is 5.97 Å². The Hall–Kier alpha value is -4.77. The van der Waals surface area contributed by atoms with E-state index in [-0.39, 0.29) is 23.4 Å². The van der Waals surface area contributed by atoms with Gasteiger partial charge < -0.3 is 13.9 Å². The number of benzene rings is 2. The first-order valence-electron chi connectivity index (χ1n) is 12.4. The normalized spacial score (nSPS) is 15.0. The molecule has 0 N–H and O–H groups in total. The molecule has 0 spiro atoms. The third kappa shape index (κ3) is 4.75. The number of ether oxygens (including phenoxy) is 2. The standard InChI is InChI=1S/C29H25N3O7S/c1-5-38-28(34)25-17(3)30-29-31(27(33)24(40-29)14-18-8-6-7-9-21(18)37-4)26(25)23-13-12-22(39-23)20-15-19(32(35)36)11-10-16(20)2/h6-15,26H,5H2,1-4H3/b24-14-/t26-/m1/s1. The molecule has 1 atom stereocenters. The van der Waals surface area contributed by atoms with Crippen LogP contribution in [0.25, 0.3) is 17.4 Å². The molecule has 11 heteroatoms. The number of nitrogens with zero attached hydrogens (tertiary/aromatic N) is 3. The van der Waals surface area contributed by atoms with Gasteiger partial charge in [0.1, 0.15) is 23.3 Å². The second-order valence-corrected chi connectivity index (χ2v) is 10.0. The third-order valence-electron chi connectivity index (χ3n) is 6.54. The van der Waals surface area contributed by atoms with Gasteiger partial charge in [-0.2, -0.15) is 0 Å². The number of thiazole rings is 1. The average Bonchev–Trinajstić information content (AvgIpc) is 3.53. The Balaban J connectivity index is 1.71. The van der Waals surface area contributed by atoms with Crippen molar-refractivity contribution in [2.45, 2.75) is 26.8 Å². The predicted molar refractivity (Wildman–Crippen MR) is 149 cm³/mol. The van der Waals surface area contributed by atoms with E-state index in [1.165, 1.54) is 28.0 Å². The molecule has 0 saturated carbocycles. The van der Waals surface area contributed by atoms with Gasteiger partial charge in [0, 0.05) is 23.3 Å². The molecule has 4 aromatic rings. The number of para-hydroxylation sites is 1. The van der Waals surface area contributed by atoms with Crippen molar-refractivity contribution in [1.29, 1.82) is 0 Å². The van der Waals surface area contributed by atoms with Crippen LogP contribution in [0, 0.1) is 17.0 Å². The fourth-order valence-corrected chi connectivity index (χ4v) is 5.66. The van der Waals surface area contributed by atoms with Crippen LogP contribution in [0.4, 0.5) is 5.69 Å². The van der Waals surface area contributed by atoms with Crippen LogP contribution >= 0.6 is 11.3 Å². The van der Waals surface area contributed by atoms with Gasteiger partial charge in [-0.3, -0.25) is 19.5 Å². The number of carbonyl (C=O) groups is 1. The number of methoxy groups -OCH3 is 1. The first-order chi connectivity index (χ1) is 19.2. The van der Waals surface area contributed by atoms with E-state index in [2.05, 4.69) is 4.99 Å². The maximum atomic E-state index is 13.8. The largest absolute Gasteiger partial charge is 0.496 e. The zero-order valence-electron chi connectivity index (χ0n) is 22.2. The Bertz CT molecular complexity index is 1860. The molecule has 0 saturated heterocycles. The van der Waals surface area contributed by atoms with Crippen molar-refractivity contribution >= 4 is 29.1 Å². The summed E-state index contributed by atoms with van der Waals surface area (Å²) in [5.41, 5.74) is 2.15. The lowest BCUT2D eigenvalue weighted by molar-refractivity contribution is -0.384. The van der Waals surface area contributed by atoms with Crippen molar-refractivity contribution in [2.24, 2.45) is 4.99 Å². The number of hydrogen-bond donors (Lipinski definition) is 0. The van der Waals surface area contributed by atoms with E-state index in [1.807, 2.05) is 25.1 Å². The lowest BCUT2D eigenvalue weighted by Gasteiger charge is -2.22. The number of fused-ring (bicyclic) bond motifs is 1. The zero-order chi connectivity index (χ0) is 28.6. The SMILES string of the molecule is CCOC(=O)C1=C(C)N=c2s/c(=C\c3ccccc3OC)c(=O)n2[C@@H]1c1ccc(-c2cc([N+](=O)[O-])ccc2C)o1. The molecular formula is C29H25N3O7S. The Morgan fingerprint density at radius 1 is 1.20 bits per heavy atom. The molecule has 1 aliphatic heterocycles. The predicted octanol–water partition coefficient (Wildman–Crippen LogP) is 4.28. The van der Waals surface area contributed by atoms with Crippen LogP contribution in [0.2, 0.25) is 0 Å². The molecule has 0 bridgehead atoms. The fraction of sp³-hybridized carbons (Fsp3) is 0.207. The summed E-state index contributed by atoms with van der Waals surface area (Å²) in [7, 11) is 1.56. The van der Waals surface area contributed by atoms with Crippen LogP contribution < -0.4 is 19.6 Å². The van der Waals surface area contributed by atoms with Gasteiger partial charge in [0.2, 0.25) is 0 Å². The summed E-state index contributed by atoms with van der Waals surface area (Å²) in [4.78, 5) is 42.9. The number of non-ortho nitro benzene ring substituents is 1. The minimum atomic E-state index is -0.956. The summed E-state index contributed by atoms with van der Waals surface area (Å²) >= 11 is 1.19. The van der Waals surface area contributed by atoms with Crippen LogP contribution in [-0.2, 0) is 9.53 Å². The topological polar surface area (TPSA) is 126 Å². The number of allylic oxidation sites excluding steroid dienone is 1. The number of hydrogen-bond acceptors (Lipinski definition) is 9. The number of esters is 1. The summed E-state index contributed by atoms with van der Waals surface area (Å²) in [6.07, 6.45) is 1.73. The Morgan fingerprint density at radius 2 is 1.98 bits per heavy atom. The lowest BCUT2D eigenvalue weighted by Crippen LogP contribution is -2.39. The van der Waals surface area contributed by atoms with Gasteiger partial charge in [-0.1, -0.05) is 35.6 Å². The Labute approximate surface area is 232 Å². The molecule has 10 nitrogen and oxygen atoms in total. The van der Waals surface area contributed by atoms with E-state index in [9.17, 15) is 19.7 Å². The van der Waals surface area contributed by atoms with Gasteiger partial charge in [0.15, 0.2) is 4.80 Å². The molecule has 40 heavy (non-hydrogen) atoms. The lowest BCUT2D eigenvalue weighted by atomic mass is 10.0. The summed E-state index contributed by atoms with van der Waals surface area (Å²) in [5.74, 6) is 0.655. The molecule has 5 rings (SSSR count). The summed E-state index contributed by atoms with van der Waals surface area (Å²) < 4.78 is 18.8. The second kappa shape index (κ2) is 10.8. The highest BCUT2D eigenvalue weighted by molar-refractivity contribution is 7.07. The minimum absolute atomic E-state index is 0.0779. The van der Waals surface area contributed by atoms with Gasteiger partial charge in [-0.25, -0.2) is 9.79 Å². The third-order valence-corrected chi connectivity index (χ3v) is 7.52. The molecule has 2 aromatic heterocycles. The number of carbonyl (C=O) groups excluding carboxylic acids is 1. The molecule has 2 aromatic carbocycles.